The molecule has 2 aromatic carbocycles. The van der Waals surface area contributed by atoms with E-state index in [1.54, 1.807) is 28.8 Å². The summed E-state index contributed by atoms with van der Waals surface area (Å²) in [5.74, 6) is 0.164. The minimum absolute atomic E-state index is 0.196. The van der Waals surface area contributed by atoms with Crippen LogP contribution >= 0.6 is 11.8 Å². The van der Waals surface area contributed by atoms with Crippen molar-refractivity contribution >= 4 is 22.8 Å². The zero-order chi connectivity index (χ0) is 16.2. The van der Waals surface area contributed by atoms with Crippen LogP contribution in [0.25, 0.3) is 0 Å². The van der Waals surface area contributed by atoms with E-state index in [0.717, 1.165) is 5.75 Å². The van der Waals surface area contributed by atoms with Gasteiger partial charge in [0.15, 0.2) is 5.17 Å². The van der Waals surface area contributed by atoms with Crippen LogP contribution in [-0.2, 0) is 5.75 Å². The molecule has 3 nitrogen and oxygen atoms in total. The highest BCUT2D eigenvalue weighted by Gasteiger charge is 2.25. The highest BCUT2D eigenvalue weighted by molar-refractivity contribution is 8.13. The third kappa shape index (κ3) is 3.62. The molecule has 1 aliphatic rings. The Kier molecular flexibility index (Phi) is 4.76. The van der Waals surface area contributed by atoms with E-state index in [2.05, 4.69) is 24.0 Å². The molecule has 0 saturated heterocycles. The average Bonchev–Trinajstić information content (AvgIpc) is 3.02. The lowest BCUT2D eigenvalue weighted by Crippen LogP contribution is -2.32. The van der Waals surface area contributed by atoms with Gasteiger partial charge in [0.2, 0.25) is 0 Å². The largest absolute Gasteiger partial charge is 0.286 e. The van der Waals surface area contributed by atoms with Gasteiger partial charge in [-0.2, -0.15) is 0 Å². The second-order valence-electron chi connectivity index (χ2n) is 5.35. The molecule has 23 heavy (non-hydrogen) atoms. The number of carbonyl (C=O) groups is 1. The second-order valence-corrected chi connectivity index (χ2v) is 6.29. The summed E-state index contributed by atoms with van der Waals surface area (Å²) in [5.41, 5.74) is 2.81. The van der Waals surface area contributed by atoms with Crippen molar-refractivity contribution in [1.29, 1.82) is 0 Å². The van der Waals surface area contributed by atoms with Gasteiger partial charge in [0.25, 0.3) is 5.91 Å². The Hall–Kier alpha value is -2.14. The number of rotatable bonds is 3. The molecule has 118 valence electrons. The van der Waals surface area contributed by atoms with E-state index in [9.17, 15) is 9.18 Å². The molecule has 2 aromatic rings. The van der Waals surface area contributed by atoms with Crippen molar-refractivity contribution < 1.29 is 9.18 Å². The van der Waals surface area contributed by atoms with Gasteiger partial charge in [-0.25, -0.2) is 4.39 Å². The number of aliphatic imine (C=N–C) groups is 1. The Morgan fingerprint density at radius 3 is 2.87 bits per heavy atom. The van der Waals surface area contributed by atoms with Gasteiger partial charge in [-0.3, -0.25) is 14.7 Å². The van der Waals surface area contributed by atoms with Crippen LogP contribution in [-0.4, -0.2) is 29.1 Å². The van der Waals surface area contributed by atoms with Gasteiger partial charge >= 0.3 is 0 Å². The molecule has 5 heteroatoms. The number of nitrogens with zero attached hydrogens (tertiary/aromatic N) is 2. The second kappa shape index (κ2) is 6.96. The minimum atomic E-state index is -0.402. The molecule has 0 spiro atoms. The van der Waals surface area contributed by atoms with Crippen molar-refractivity contribution in [2.75, 3.05) is 13.1 Å². The van der Waals surface area contributed by atoms with Crippen LogP contribution in [0.5, 0.6) is 0 Å². The van der Waals surface area contributed by atoms with Gasteiger partial charge in [-0.1, -0.05) is 42.1 Å². The Morgan fingerprint density at radius 1 is 1.26 bits per heavy atom. The van der Waals surface area contributed by atoms with Crippen LogP contribution in [0.15, 0.2) is 53.5 Å². The molecule has 0 saturated carbocycles. The number of carbonyl (C=O) groups excluding carboxylic acids is 1. The normalized spacial score (nSPS) is 14.0. The Morgan fingerprint density at radius 2 is 2.09 bits per heavy atom. The van der Waals surface area contributed by atoms with E-state index in [-0.39, 0.29) is 5.91 Å². The van der Waals surface area contributed by atoms with Gasteiger partial charge in [0.05, 0.1) is 6.54 Å². The molecule has 0 unspecified atom stereocenters. The number of aryl methyl sites for hydroxylation is 1. The number of amidine groups is 1. The molecule has 0 bridgehead atoms. The summed E-state index contributed by atoms with van der Waals surface area (Å²) in [4.78, 5) is 18.6. The summed E-state index contributed by atoms with van der Waals surface area (Å²) < 4.78 is 13.3. The molecule has 0 fully saturated rings. The standard InChI is InChI=1S/C18H17FN2OS/c1-13-5-2-3-6-15(13)12-23-18-20-9-10-21(18)17(22)14-7-4-8-16(19)11-14/h2-8,11H,9-10,12H2,1H3. The maximum atomic E-state index is 13.3. The van der Waals surface area contributed by atoms with Gasteiger partial charge in [-0.15, -0.1) is 0 Å². The topological polar surface area (TPSA) is 32.7 Å². The van der Waals surface area contributed by atoms with Crippen LogP contribution in [0, 0.1) is 12.7 Å². The van der Waals surface area contributed by atoms with E-state index >= 15 is 0 Å². The molecular weight excluding hydrogens is 311 g/mol. The third-order valence-corrected chi connectivity index (χ3v) is 4.80. The predicted octanol–water partition coefficient (Wildman–Crippen LogP) is 3.88. The fraction of sp³-hybridized carbons (Fsp3) is 0.222. The first-order chi connectivity index (χ1) is 11.1. The van der Waals surface area contributed by atoms with E-state index in [4.69, 9.17) is 0 Å². The molecule has 1 aliphatic heterocycles. The van der Waals surface area contributed by atoms with E-state index in [1.165, 1.54) is 23.3 Å². The highest BCUT2D eigenvalue weighted by Crippen LogP contribution is 2.23. The lowest BCUT2D eigenvalue weighted by atomic mass is 10.1. The third-order valence-electron chi connectivity index (χ3n) is 3.74. The van der Waals surface area contributed by atoms with Gasteiger partial charge in [0, 0.05) is 17.9 Å². The van der Waals surface area contributed by atoms with Crippen molar-refractivity contribution in [3.05, 3.63) is 71.0 Å². The highest BCUT2D eigenvalue weighted by atomic mass is 32.2. The zero-order valence-electron chi connectivity index (χ0n) is 12.8. The van der Waals surface area contributed by atoms with Gasteiger partial charge in [0.1, 0.15) is 5.82 Å². The van der Waals surface area contributed by atoms with Crippen molar-refractivity contribution in [3.8, 4) is 0 Å². The Bertz CT molecular complexity index is 760. The number of benzene rings is 2. The van der Waals surface area contributed by atoms with Gasteiger partial charge in [-0.05, 0) is 36.2 Å². The zero-order valence-corrected chi connectivity index (χ0v) is 13.6. The van der Waals surface area contributed by atoms with Crippen LogP contribution < -0.4 is 0 Å². The molecule has 3 rings (SSSR count). The molecule has 0 atom stereocenters. The SMILES string of the molecule is Cc1ccccc1CSC1=NCCN1C(=O)c1cccc(F)c1. The monoisotopic (exact) mass is 328 g/mol. The fourth-order valence-electron chi connectivity index (χ4n) is 2.43. The van der Waals surface area contributed by atoms with Crippen LogP contribution in [0.3, 0.4) is 0 Å². The van der Waals surface area contributed by atoms with Crippen LogP contribution in [0.1, 0.15) is 21.5 Å². The quantitative estimate of drug-likeness (QED) is 0.856. The lowest BCUT2D eigenvalue weighted by Gasteiger charge is -2.18. The molecular formula is C18H17FN2OS. The summed E-state index contributed by atoms with van der Waals surface area (Å²) in [7, 11) is 0. The summed E-state index contributed by atoms with van der Waals surface area (Å²) in [6.45, 7) is 3.21. The minimum Gasteiger partial charge on any atom is -0.286 e. The maximum Gasteiger partial charge on any atom is 0.259 e. The molecule has 1 amide bonds. The average molecular weight is 328 g/mol. The number of thioether (sulfide) groups is 1. The summed E-state index contributed by atoms with van der Waals surface area (Å²) in [6.07, 6.45) is 0. The number of halogens is 1. The van der Waals surface area contributed by atoms with Crippen molar-refractivity contribution in [2.24, 2.45) is 4.99 Å². The number of hydrogen-bond donors (Lipinski definition) is 0. The van der Waals surface area contributed by atoms with Crippen molar-refractivity contribution in [3.63, 3.8) is 0 Å². The summed E-state index contributed by atoms with van der Waals surface area (Å²) in [6, 6.07) is 14.0. The molecule has 0 radical (unpaired) electrons. The van der Waals surface area contributed by atoms with Crippen molar-refractivity contribution in [1.82, 2.24) is 4.90 Å². The first kappa shape index (κ1) is 15.7. The predicted molar refractivity (Wildman–Crippen MR) is 92.2 cm³/mol. The first-order valence-corrected chi connectivity index (χ1v) is 8.43. The molecule has 0 aromatic heterocycles. The molecule has 1 heterocycles. The first-order valence-electron chi connectivity index (χ1n) is 7.44. The summed E-state index contributed by atoms with van der Waals surface area (Å²) >= 11 is 1.55. The van der Waals surface area contributed by atoms with E-state index in [1.807, 2.05) is 12.1 Å². The van der Waals surface area contributed by atoms with Crippen LogP contribution in [0.4, 0.5) is 4.39 Å². The maximum absolute atomic E-state index is 13.3. The van der Waals surface area contributed by atoms with E-state index < -0.39 is 5.82 Å². The Labute approximate surface area is 139 Å². The molecule has 0 N–H and O–H groups in total. The number of amides is 1. The summed E-state index contributed by atoms with van der Waals surface area (Å²) in [5, 5.41) is 0.711. The fourth-order valence-corrected chi connectivity index (χ4v) is 3.55. The molecule has 0 aliphatic carbocycles. The smallest absolute Gasteiger partial charge is 0.259 e. The Balaban J connectivity index is 1.70. The van der Waals surface area contributed by atoms with Crippen molar-refractivity contribution in [2.45, 2.75) is 12.7 Å². The van der Waals surface area contributed by atoms with E-state index in [0.29, 0.717) is 23.8 Å². The van der Waals surface area contributed by atoms with Gasteiger partial charge < -0.3 is 0 Å². The lowest BCUT2D eigenvalue weighted by molar-refractivity contribution is 0.0860. The number of hydrogen-bond acceptors (Lipinski definition) is 3. The van der Waals surface area contributed by atoms with Crippen LogP contribution in [0.2, 0.25) is 0 Å².